The molecule has 1 aliphatic rings. The summed E-state index contributed by atoms with van der Waals surface area (Å²) in [5, 5.41) is 39.6. The molecule has 1 aliphatic heterocycles. The third kappa shape index (κ3) is 22.3. The fourth-order valence-electron chi connectivity index (χ4n) is 5.37. The summed E-state index contributed by atoms with van der Waals surface area (Å²) in [6.07, 6.45) is 22.1. The lowest BCUT2D eigenvalue weighted by atomic mass is 9.99. The van der Waals surface area contributed by atoms with Gasteiger partial charge in [-0.1, -0.05) is 108 Å². The molecule has 4 N–H and O–H groups in total. The van der Waals surface area contributed by atoms with Gasteiger partial charge in [0.05, 0.1) is 6.61 Å². The highest BCUT2D eigenvalue weighted by molar-refractivity contribution is 5.73. The summed E-state index contributed by atoms with van der Waals surface area (Å²) in [6, 6.07) is 0. The molecule has 11 nitrogen and oxygen atoms in total. The molecule has 0 spiro atoms. The van der Waals surface area contributed by atoms with Crippen LogP contribution in [0.3, 0.4) is 0 Å². The van der Waals surface area contributed by atoms with Crippen molar-refractivity contribution in [2.75, 3.05) is 13.2 Å². The lowest BCUT2D eigenvalue weighted by Crippen LogP contribution is -2.60. The fourth-order valence-corrected chi connectivity index (χ4v) is 5.37. The number of carboxylic acids is 1. The zero-order valence-electron chi connectivity index (χ0n) is 30.6. The highest BCUT2D eigenvalue weighted by atomic mass is 16.7. The Morgan fingerprint density at radius 1 is 0.620 bits per heavy atom. The van der Waals surface area contributed by atoms with Gasteiger partial charge >= 0.3 is 17.9 Å². The van der Waals surface area contributed by atoms with E-state index in [1.165, 1.54) is 19.3 Å². The first-order valence-corrected chi connectivity index (χ1v) is 19.0. The van der Waals surface area contributed by atoms with Crippen LogP contribution < -0.4 is 0 Å². The minimum absolute atomic E-state index is 0.168. The van der Waals surface area contributed by atoms with Gasteiger partial charge in [0.15, 0.2) is 18.5 Å². The standard InChI is InChI=1S/C39H66O11/c1-3-5-7-9-11-13-15-16-18-19-21-23-25-27-32(40)47-29-31(30-48-39-36(44)34(42)35(43)37(50-39)38(45)46)49-33(41)28-26-24-22-20-17-14-12-10-8-6-4-2/h7,9-10,12-13,15,31,34-37,39,42-44H,3-6,8,11,14,16-30H2,1-2H3,(H,45,46)/b9-7-,12-10-,15-13-. The number of hydrogen-bond donors (Lipinski definition) is 4. The van der Waals surface area contributed by atoms with Gasteiger partial charge in [-0.2, -0.15) is 0 Å². The average Bonchev–Trinajstić information content (AvgIpc) is 3.09. The van der Waals surface area contributed by atoms with Crippen LogP contribution in [0.1, 0.15) is 142 Å². The van der Waals surface area contributed by atoms with E-state index in [4.69, 9.17) is 18.9 Å². The van der Waals surface area contributed by atoms with E-state index in [1.807, 2.05) is 0 Å². The number of rotatable bonds is 30. The second kappa shape index (κ2) is 30.1. The van der Waals surface area contributed by atoms with E-state index in [1.54, 1.807) is 0 Å². The fraction of sp³-hybridized carbons (Fsp3) is 0.769. The Labute approximate surface area is 300 Å². The minimum Gasteiger partial charge on any atom is -0.479 e. The first kappa shape index (κ1) is 45.5. The van der Waals surface area contributed by atoms with Crippen molar-refractivity contribution in [1.29, 1.82) is 0 Å². The van der Waals surface area contributed by atoms with Crippen LogP contribution in [0.25, 0.3) is 0 Å². The van der Waals surface area contributed by atoms with Gasteiger partial charge in [0.1, 0.15) is 24.9 Å². The van der Waals surface area contributed by atoms with Crippen LogP contribution in [0, 0.1) is 0 Å². The van der Waals surface area contributed by atoms with Crippen LogP contribution in [0.15, 0.2) is 36.5 Å². The molecule has 0 aromatic heterocycles. The van der Waals surface area contributed by atoms with Gasteiger partial charge in [0.2, 0.25) is 0 Å². The van der Waals surface area contributed by atoms with E-state index < -0.39 is 61.3 Å². The summed E-state index contributed by atoms with van der Waals surface area (Å²) >= 11 is 0. The molecule has 1 heterocycles. The van der Waals surface area contributed by atoms with E-state index in [9.17, 15) is 34.8 Å². The zero-order chi connectivity index (χ0) is 36.8. The molecule has 11 heteroatoms. The summed E-state index contributed by atoms with van der Waals surface area (Å²) in [6.45, 7) is 3.65. The van der Waals surface area contributed by atoms with Gasteiger partial charge in [0, 0.05) is 12.8 Å². The van der Waals surface area contributed by atoms with Gasteiger partial charge in [0.25, 0.3) is 0 Å². The largest absolute Gasteiger partial charge is 0.479 e. The number of unbranched alkanes of at least 4 members (excludes halogenated alkanes) is 13. The maximum atomic E-state index is 12.7. The van der Waals surface area contributed by atoms with Gasteiger partial charge in [-0.3, -0.25) is 9.59 Å². The van der Waals surface area contributed by atoms with Crippen LogP contribution in [0.2, 0.25) is 0 Å². The summed E-state index contributed by atoms with van der Waals surface area (Å²) in [4.78, 5) is 36.6. The topological polar surface area (TPSA) is 169 Å². The van der Waals surface area contributed by atoms with Gasteiger partial charge < -0.3 is 39.4 Å². The molecule has 288 valence electrons. The van der Waals surface area contributed by atoms with Gasteiger partial charge in [-0.15, -0.1) is 0 Å². The summed E-state index contributed by atoms with van der Waals surface area (Å²) in [5.74, 6) is -2.48. The van der Waals surface area contributed by atoms with Crippen molar-refractivity contribution in [2.24, 2.45) is 0 Å². The SMILES string of the molecule is CCC/C=C\C/C=C\CCCCCCCC(=O)OCC(COC1OC(C(=O)O)C(O)C(O)C1O)OC(=O)CCCCCCC/C=C\CCCC. The normalized spacial score (nSPS) is 21.7. The third-order valence-electron chi connectivity index (χ3n) is 8.44. The molecule has 1 rings (SSSR count). The molecule has 6 atom stereocenters. The van der Waals surface area contributed by atoms with Crippen molar-refractivity contribution in [1.82, 2.24) is 0 Å². The molecule has 50 heavy (non-hydrogen) atoms. The van der Waals surface area contributed by atoms with Crippen LogP contribution in [-0.2, 0) is 33.3 Å². The molecular weight excluding hydrogens is 644 g/mol. The molecular formula is C39H66O11. The van der Waals surface area contributed by atoms with Crippen molar-refractivity contribution in [3.63, 3.8) is 0 Å². The zero-order valence-corrected chi connectivity index (χ0v) is 30.6. The van der Waals surface area contributed by atoms with E-state index >= 15 is 0 Å². The Bertz CT molecular complexity index is 979. The van der Waals surface area contributed by atoms with E-state index in [-0.39, 0.29) is 19.4 Å². The molecule has 0 aromatic carbocycles. The van der Waals surface area contributed by atoms with E-state index in [2.05, 4.69) is 50.3 Å². The molecule has 1 saturated heterocycles. The van der Waals surface area contributed by atoms with Gasteiger partial charge in [-0.25, -0.2) is 4.79 Å². The number of esters is 2. The van der Waals surface area contributed by atoms with Crippen molar-refractivity contribution >= 4 is 17.9 Å². The molecule has 0 aromatic rings. The Kier molecular flexibility index (Phi) is 27.4. The van der Waals surface area contributed by atoms with Crippen molar-refractivity contribution in [3.05, 3.63) is 36.5 Å². The first-order chi connectivity index (χ1) is 24.2. The smallest absolute Gasteiger partial charge is 0.335 e. The highest BCUT2D eigenvalue weighted by Gasteiger charge is 2.47. The number of hydrogen-bond acceptors (Lipinski definition) is 10. The van der Waals surface area contributed by atoms with Crippen LogP contribution in [-0.4, -0.2) is 88.4 Å². The third-order valence-corrected chi connectivity index (χ3v) is 8.44. The number of carboxylic acid groups (broad SMARTS) is 1. The van der Waals surface area contributed by atoms with Crippen LogP contribution in [0.4, 0.5) is 0 Å². The predicted octanol–water partition coefficient (Wildman–Crippen LogP) is 6.86. The van der Waals surface area contributed by atoms with Crippen molar-refractivity contribution in [2.45, 2.75) is 179 Å². The molecule has 0 amide bonds. The number of aliphatic hydroxyl groups is 3. The molecule has 6 unspecified atom stereocenters. The van der Waals surface area contributed by atoms with Crippen molar-refractivity contribution < 1.29 is 53.8 Å². The Morgan fingerprint density at radius 3 is 1.76 bits per heavy atom. The number of aliphatic hydroxyl groups excluding tert-OH is 3. The maximum Gasteiger partial charge on any atom is 0.335 e. The molecule has 1 fully saturated rings. The lowest BCUT2D eigenvalue weighted by molar-refractivity contribution is -0.298. The Balaban J connectivity index is 2.47. The Morgan fingerprint density at radius 2 is 1.16 bits per heavy atom. The molecule has 0 bridgehead atoms. The second-order valence-corrected chi connectivity index (χ2v) is 13.1. The summed E-state index contributed by atoms with van der Waals surface area (Å²) in [7, 11) is 0. The number of carbonyl (C=O) groups excluding carboxylic acids is 2. The minimum atomic E-state index is -1.86. The predicted molar refractivity (Wildman–Crippen MR) is 192 cm³/mol. The Hall–Kier alpha value is -2.57. The molecule has 0 radical (unpaired) electrons. The monoisotopic (exact) mass is 710 g/mol. The molecule has 0 aliphatic carbocycles. The quantitative estimate of drug-likeness (QED) is 0.0349. The first-order valence-electron chi connectivity index (χ1n) is 19.0. The summed E-state index contributed by atoms with van der Waals surface area (Å²) in [5.41, 5.74) is 0. The lowest BCUT2D eigenvalue weighted by Gasteiger charge is -2.38. The molecule has 0 saturated carbocycles. The summed E-state index contributed by atoms with van der Waals surface area (Å²) < 4.78 is 21.6. The second-order valence-electron chi connectivity index (χ2n) is 13.1. The number of aliphatic carboxylic acids is 1. The number of ether oxygens (including phenoxy) is 4. The van der Waals surface area contributed by atoms with Crippen LogP contribution in [0.5, 0.6) is 0 Å². The van der Waals surface area contributed by atoms with E-state index in [0.717, 1.165) is 83.5 Å². The maximum absolute atomic E-state index is 12.7. The van der Waals surface area contributed by atoms with Gasteiger partial charge in [-0.05, 0) is 57.8 Å². The average molecular weight is 711 g/mol. The van der Waals surface area contributed by atoms with E-state index in [0.29, 0.717) is 12.8 Å². The highest BCUT2D eigenvalue weighted by Crippen LogP contribution is 2.23. The van der Waals surface area contributed by atoms with Crippen molar-refractivity contribution in [3.8, 4) is 0 Å². The van der Waals surface area contributed by atoms with Crippen LogP contribution >= 0.6 is 0 Å². The number of allylic oxidation sites excluding steroid dienone is 6. The number of carbonyl (C=O) groups is 3.